The minimum Gasteiger partial charge on any atom is -0.370 e. The predicted octanol–water partition coefficient (Wildman–Crippen LogP) is 2.13. The minimum absolute atomic E-state index is 0.353. The van der Waals surface area contributed by atoms with Crippen molar-refractivity contribution in [2.24, 2.45) is 10.7 Å². The lowest BCUT2D eigenvalue weighted by Crippen LogP contribution is -2.38. The summed E-state index contributed by atoms with van der Waals surface area (Å²) in [5.74, 6) is 0.506. The summed E-state index contributed by atoms with van der Waals surface area (Å²) in [7, 11) is 0. The van der Waals surface area contributed by atoms with Crippen LogP contribution in [0.4, 0.5) is 0 Å². The summed E-state index contributed by atoms with van der Waals surface area (Å²) in [6.07, 6.45) is 6.59. The van der Waals surface area contributed by atoms with Crippen molar-refractivity contribution in [2.75, 3.05) is 0 Å². The molecule has 5 nitrogen and oxygen atoms in total. The summed E-state index contributed by atoms with van der Waals surface area (Å²) in [6, 6.07) is 8.76. The lowest BCUT2D eigenvalue weighted by Gasteiger charge is -2.11. The number of nitrogens with two attached hydrogens (primary N) is 1. The van der Waals surface area contributed by atoms with E-state index >= 15 is 0 Å². The third-order valence-corrected chi connectivity index (χ3v) is 3.39. The van der Waals surface area contributed by atoms with Crippen molar-refractivity contribution in [3.05, 3.63) is 54.1 Å². The molecule has 5 heteroatoms. The predicted molar refractivity (Wildman–Crippen MR) is 86.0 cm³/mol. The zero-order valence-electron chi connectivity index (χ0n) is 12.7. The zero-order chi connectivity index (χ0) is 15.1. The monoisotopic (exact) mass is 285 g/mol. The van der Waals surface area contributed by atoms with Crippen molar-refractivity contribution in [2.45, 2.75) is 39.4 Å². The van der Waals surface area contributed by atoms with Gasteiger partial charge in [0, 0.05) is 25.0 Å². The smallest absolute Gasteiger partial charge is 0.189 e. The third-order valence-electron chi connectivity index (χ3n) is 3.39. The first-order chi connectivity index (χ1) is 10.2. The summed E-state index contributed by atoms with van der Waals surface area (Å²) in [6.45, 7) is 5.64. The summed E-state index contributed by atoms with van der Waals surface area (Å²) in [4.78, 5) is 8.40. The molecule has 0 saturated heterocycles. The first kappa shape index (κ1) is 15.1. The van der Waals surface area contributed by atoms with Crippen LogP contribution in [0.5, 0.6) is 0 Å². The molecule has 0 aliphatic rings. The maximum absolute atomic E-state index is 5.85. The highest BCUT2D eigenvalue weighted by atomic mass is 15.1. The molecule has 0 radical (unpaired) electrons. The highest BCUT2D eigenvalue weighted by Gasteiger charge is 1.99. The van der Waals surface area contributed by atoms with Gasteiger partial charge in [-0.1, -0.05) is 31.2 Å². The quantitative estimate of drug-likeness (QED) is 0.631. The number of hydrogen-bond donors (Lipinski definition) is 2. The second-order valence-corrected chi connectivity index (χ2v) is 5.21. The van der Waals surface area contributed by atoms with Gasteiger partial charge in [-0.2, -0.15) is 0 Å². The van der Waals surface area contributed by atoms with E-state index < -0.39 is 0 Å². The van der Waals surface area contributed by atoms with E-state index in [4.69, 9.17) is 5.73 Å². The Labute approximate surface area is 125 Å². The number of nitrogens with one attached hydrogen (secondary N) is 1. The minimum atomic E-state index is 0.353. The Balaban J connectivity index is 1.89. The van der Waals surface area contributed by atoms with Crippen molar-refractivity contribution in [1.82, 2.24) is 14.9 Å². The van der Waals surface area contributed by atoms with Gasteiger partial charge in [0.15, 0.2) is 5.96 Å². The molecule has 0 spiro atoms. The van der Waals surface area contributed by atoms with Crippen LogP contribution < -0.4 is 11.1 Å². The van der Waals surface area contributed by atoms with Crippen LogP contribution in [-0.2, 0) is 13.1 Å². The first-order valence-corrected chi connectivity index (χ1v) is 7.27. The summed E-state index contributed by atoms with van der Waals surface area (Å²) in [5, 5.41) is 3.16. The number of hydrogen-bond acceptors (Lipinski definition) is 2. The van der Waals surface area contributed by atoms with Gasteiger partial charge in [0.25, 0.3) is 0 Å². The van der Waals surface area contributed by atoms with E-state index in [0.29, 0.717) is 18.5 Å². The van der Waals surface area contributed by atoms with Crippen molar-refractivity contribution in [1.29, 1.82) is 0 Å². The highest BCUT2D eigenvalue weighted by Crippen LogP contribution is 2.07. The fraction of sp³-hybridized carbons (Fsp3) is 0.375. The molecule has 2 aromatic rings. The van der Waals surface area contributed by atoms with E-state index in [1.807, 2.05) is 17.1 Å². The van der Waals surface area contributed by atoms with E-state index in [0.717, 1.165) is 18.5 Å². The molecule has 0 bridgehead atoms. The van der Waals surface area contributed by atoms with E-state index in [2.05, 4.69) is 53.4 Å². The Morgan fingerprint density at radius 2 is 2.05 bits per heavy atom. The van der Waals surface area contributed by atoms with Crippen LogP contribution in [0.2, 0.25) is 0 Å². The molecular formula is C16H23N5. The molecule has 21 heavy (non-hydrogen) atoms. The lowest BCUT2D eigenvalue weighted by atomic mass is 10.1. The first-order valence-electron chi connectivity index (χ1n) is 7.27. The fourth-order valence-electron chi connectivity index (χ4n) is 1.92. The van der Waals surface area contributed by atoms with Crippen LogP contribution in [0.1, 0.15) is 31.4 Å². The Bertz CT molecular complexity index is 557. The molecular weight excluding hydrogens is 262 g/mol. The second-order valence-electron chi connectivity index (χ2n) is 5.21. The number of aliphatic imine (C=N–C) groups is 1. The molecule has 1 aromatic carbocycles. The van der Waals surface area contributed by atoms with Gasteiger partial charge in [0.05, 0.1) is 12.9 Å². The van der Waals surface area contributed by atoms with Crippen LogP contribution in [0.3, 0.4) is 0 Å². The van der Waals surface area contributed by atoms with Gasteiger partial charge in [-0.25, -0.2) is 9.98 Å². The molecule has 0 amide bonds. The van der Waals surface area contributed by atoms with Gasteiger partial charge < -0.3 is 15.6 Å². The Morgan fingerprint density at radius 3 is 2.67 bits per heavy atom. The zero-order valence-corrected chi connectivity index (χ0v) is 12.7. The largest absolute Gasteiger partial charge is 0.370 e. The highest BCUT2D eigenvalue weighted by molar-refractivity contribution is 5.78. The molecule has 0 aliphatic heterocycles. The molecule has 1 aromatic heterocycles. The van der Waals surface area contributed by atoms with Crippen LogP contribution in [0.25, 0.3) is 0 Å². The number of rotatable bonds is 6. The SMILES string of the molecule is CCC(C)NC(N)=NCc1ccc(Cn2ccnc2)cc1. The summed E-state index contributed by atoms with van der Waals surface area (Å²) in [5.41, 5.74) is 8.24. The van der Waals surface area contributed by atoms with E-state index in [1.165, 1.54) is 5.56 Å². The van der Waals surface area contributed by atoms with Gasteiger partial charge >= 0.3 is 0 Å². The normalized spacial score (nSPS) is 13.1. The summed E-state index contributed by atoms with van der Waals surface area (Å²) < 4.78 is 2.04. The molecule has 3 N–H and O–H groups in total. The Hall–Kier alpha value is -2.30. The average Bonchev–Trinajstić information content (AvgIpc) is 2.99. The van der Waals surface area contributed by atoms with E-state index in [9.17, 15) is 0 Å². The van der Waals surface area contributed by atoms with Gasteiger partial charge in [0.2, 0.25) is 0 Å². The topological polar surface area (TPSA) is 68.2 Å². The van der Waals surface area contributed by atoms with E-state index in [-0.39, 0.29) is 0 Å². The number of benzene rings is 1. The maximum Gasteiger partial charge on any atom is 0.189 e. The molecule has 0 saturated carbocycles. The third kappa shape index (κ3) is 4.95. The Morgan fingerprint density at radius 1 is 1.33 bits per heavy atom. The standard InChI is InChI=1S/C16H23N5/c1-3-13(2)20-16(17)19-10-14-4-6-15(7-5-14)11-21-9-8-18-12-21/h4-9,12-13H,3,10-11H2,1-2H3,(H3,17,19,20). The number of guanidine groups is 1. The molecule has 0 aliphatic carbocycles. The van der Waals surface area contributed by atoms with Crippen LogP contribution in [0.15, 0.2) is 48.0 Å². The van der Waals surface area contributed by atoms with Crippen molar-refractivity contribution in [3.8, 4) is 0 Å². The van der Waals surface area contributed by atoms with Crippen LogP contribution in [0, 0.1) is 0 Å². The van der Waals surface area contributed by atoms with Crippen molar-refractivity contribution >= 4 is 5.96 Å². The number of nitrogens with zero attached hydrogens (tertiary/aromatic N) is 3. The molecule has 2 rings (SSSR count). The van der Waals surface area contributed by atoms with Crippen molar-refractivity contribution < 1.29 is 0 Å². The lowest BCUT2D eigenvalue weighted by molar-refractivity contribution is 0.636. The van der Waals surface area contributed by atoms with Crippen molar-refractivity contribution in [3.63, 3.8) is 0 Å². The summed E-state index contributed by atoms with van der Waals surface area (Å²) >= 11 is 0. The average molecular weight is 285 g/mol. The molecule has 112 valence electrons. The molecule has 1 atom stereocenters. The fourth-order valence-corrected chi connectivity index (χ4v) is 1.92. The van der Waals surface area contributed by atoms with Crippen LogP contribution >= 0.6 is 0 Å². The maximum atomic E-state index is 5.85. The van der Waals surface area contributed by atoms with Gasteiger partial charge in [-0.3, -0.25) is 0 Å². The molecule has 1 unspecified atom stereocenters. The van der Waals surface area contributed by atoms with E-state index in [1.54, 1.807) is 6.20 Å². The van der Waals surface area contributed by atoms with Gasteiger partial charge in [-0.05, 0) is 24.5 Å². The van der Waals surface area contributed by atoms with Crippen LogP contribution in [-0.4, -0.2) is 21.6 Å². The number of aromatic nitrogens is 2. The van der Waals surface area contributed by atoms with Gasteiger partial charge in [-0.15, -0.1) is 0 Å². The second kappa shape index (κ2) is 7.47. The molecule has 1 heterocycles. The molecule has 0 fully saturated rings. The Kier molecular flexibility index (Phi) is 5.37. The number of imidazole rings is 1. The van der Waals surface area contributed by atoms with Gasteiger partial charge in [0.1, 0.15) is 0 Å².